The molecule has 3 aromatic rings. The van der Waals surface area contributed by atoms with E-state index in [4.69, 9.17) is 32.7 Å². The molecule has 162 valence electrons. The van der Waals surface area contributed by atoms with Gasteiger partial charge in [0.15, 0.2) is 11.5 Å². The van der Waals surface area contributed by atoms with Crippen LogP contribution in [0.5, 0.6) is 11.5 Å². The third-order valence-corrected chi connectivity index (χ3v) is 5.12. The summed E-state index contributed by atoms with van der Waals surface area (Å²) in [6, 6.07) is 17.7. The monoisotopic (exact) mass is 470 g/mol. The second-order valence-electron chi connectivity index (χ2n) is 6.54. The molecule has 0 saturated heterocycles. The Morgan fingerprint density at radius 2 is 1.88 bits per heavy atom. The van der Waals surface area contributed by atoms with E-state index in [0.29, 0.717) is 33.3 Å². The number of benzene rings is 3. The molecule has 0 saturated carbocycles. The van der Waals surface area contributed by atoms with E-state index >= 15 is 0 Å². The highest BCUT2D eigenvalue weighted by atomic mass is 35.5. The molecule has 8 heteroatoms. The van der Waals surface area contributed by atoms with Crippen molar-refractivity contribution in [3.05, 3.63) is 93.2 Å². The van der Waals surface area contributed by atoms with Crippen molar-refractivity contribution in [3.8, 4) is 17.6 Å². The predicted molar refractivity (Wildman–Crippen MR) is 122 cm³/mol. The first-order chi connectivity index (χ1) is 15.4. The van der Waals surface area contributed by atoms with Crippen LogP contribution in [0.2, 0.25) is 10.0 Å². The zero-order valence-electron chi connectivity index (χ0n) is 16.9. The van der Waals surface area contributed by atoms with Gasteiger partial charge >= 0.3 is 0 Å². The molecule has 1 N–H and O–H groups in total. The van der Waals surface area contributed by atoms with Crippen molar-refractivity contribution < 1.29 is 18.7 Å². The predicted octanol–water partition coefficient (Wildman–Crippen LogP) is 6.27. The molecular weight excluding hydrogens is 454 g/mol. The molecule has 0 spiro atoms. The summed E-state index contributed by atoms with van der Waals surface area (Å²) in [5, 5.41) is 12.7. The van der Waals surface area contributed by atoms with Gasteiger partial charge in [0.2, 0.25) is 0 Å². The van der Waals surface area contributed by atoms with Crippen LogP contribution in [0, 0.1) is 17.1 Å². The standard InChI is InChI=1S/C24H17Cl2FN2O3/c1-31-23-11-15(6-9-22(23)32-14-16-4-2-3-5-21(16)27)10-17(13-28)24(30)29-18-7-8-19(25)20(26)12-18/h2-12H,14H2,1H3,(H,29,30)/b17-10+. The summed E-state index contributed by atoms with van der Waals surface area (Å²) >= 11 is 11.8. The maximum atomic E-state index is 13.8. The highest BCUT2D eigenvalue weighted by molar-refractivity contribution is 6.42. The number of hydrogen-bond acceptors (Lipinski definition) is 4. The van der Waals surface area contributed by atoms with Crippen LogP contribution in [0.4, 0.5) is 10.1 Å². The Bertz CT molecular complexity index is 1220. The van der Waals surface area contributed by atoms with Crippen LogP contribution < -0.4 is 14.8 Å². The van der Waals surface area contributed by atoms with Crippen molar-refractivity contribution in [2.75, 3.05) is 12.4 Å². The number of methoxy groups -OCH3 is 1. The van der Waals surface area contributed by atoms with E-state index in [1.807, 2.05) is 6.07 Å². The van der Waals surface area contributed by atoms with Crippen molar-refractivity contribution in [1.29, 1.82) is 5.26 Å². The van der Waals surface area contributed by atoms with E-state index < -0.39 is 5.91 Å². The lowest BCUT2D eigenvalue weighted by Crippen LogP contribution is -2.13. The maximum Gasteiger partial charge on any atom is 0.266 e. The zero-order chi connectivity index (χ0) is 23.1. The van der Waals surface area contributed by atoms with Crippen molar-refractivity contribution in [2.24, 2.45) is 0 Å². The molecule has 0 fully saturated rings. The van der Waals surface area contributed by atoms with Gasteiger partial charge in [0, 0.05) is 11.3 Å². The van der Waals surface area contributed by atoms with E-state index in [1.54, 1.807) is 48.5 Å². The van der Waals surface area contributed by atoms with Crippen LogP contribution in [0.3, 0.4) is 0 Å². The molecule has 0 radical (unpaired) electrons. The number of nitrogens with zero attached hydrogens (tertiary/aromatic N) is 1. The maximum absolute atomic E-state index is 13.8. The molecule has 0 unspecified atom stereocenters. The van der Waals surface area contributed by atoms with Crippen LogP contribution in [-0.4, -0.2) is 13.0 Å². The normalized spacial score (nSPS) is 10.9. The lowest BCUT2D eigenvalue weighted by atomic mass is 10.1. The third kappa shape index (κ3) is 5.79. The first-order valence-electron chi connectivity index (χ1n) is 9.33. The number of hydrogen-bond donors (Lipinski definition) is 1. The topological polar surface area (TPSA) is 71.3 Å². The van der Waals surface area contributed by atoms with Gasteiger partial charge in [-0.3, -0.25) is 4.79 Å². The minimum atomic E-state index is -0.607. The Balaban J connectivity index is 1.76. The molecular formula is C24H17Cl2FN2O3. The summed E-state index contributed by atoms with van der Waals surface area (Å²) in [7, 11) is 1.46. The molecule has 0 aliphatic rings. The van der Waals surface area contributed by atoms with Crippen LogP contribution in [0.15, 0.2) is 66.2 Å². The number of amides is 1. The molecule has 0 aliphatic carbocycles. The fourth-order valence-corrected chi connectivity index (χ4v) is 3.05. The van der Waals surface area contributed by atoms with Crippen molar-refractivity contribution in [3.63, 3.8) is 0 Å². The van der Waals surface area contributed by atoms with Crippen LogP contribution in [-0.2, 0) is 11.4 Å². The number of rotatable bonds is 7. The quantitative estimate of drug-likeness (QED) is 0.326. The van der Waals surface area contributed by atoms with E-state index in [-0.39, 0.29) is 23.0 Å². The SMILES string of the molecule is COc1cc(/C=C(\C#N)C(=O)Nc2ccc(Cl)c(Cl)c2)ccc1OCc1ccccc1F. The van der Waals surface area contributed by atoms with Crippen molar-refractivity contribution >= 4 is 40.9 Å². The number of ether oxygens (including phenoxy) is 2. The first-order valence-corrected chi connectivity index (χ1v) is 10.1. The molecule has 3 aromatic carbocycles. The van der Waals surface area contributed by atoms with Gasteiger partial charge in [0.05, 0.1) is 17.2 Å². The minimum Gasteiger partial charge on any atom is -0.493 e. The second kappa shape index (κ2) is 10.7. The molecule has 0 atom stereocenters. The van der Waals surface area contributed by atoms with E-state index in [9.17, 15) is 14.4 Å². The molecule has 0 bridgehead atoms. The van der Waals surface area contributed by atoms with E-state index in [2.05, 4.69) is 5.32 Å². The lowest BCUT2D eigenvalue weighted by Gasteiger charge is -2.12. The number of carbonyl (C=O) groups is 1. The van der Waals surface area contributed by atoms with Gasteiger partial charge in [-0.2, -0.15) is 5.26 Å². The number of carbonyl (C=O) groups excluding carboxylic acids is 1. The summed E-state index contributed by atoms with van der Waals surface area (Å²) < 4.78 is 24.8. The van der Waals surface area contributed by atoms with Crippen LogP contribution in [0.25, 0.3) is 6.08 Å². The Morgan fingerprint density at radius 3 is 2.56 bits per heavy atom. The first kappa shape index (κ1) is 23.1. The minimum absolute atomic E-state index is 0.0216. The highest BCUT2D eigenvalue weighted by Crippen LogP contribution is 2.30. The fourth-order valence-electron chi connectivity index (χ4n) is 2.75. The smallest absolute Gasteiger partial charge is 0.266 e. The molecule has 3 rings (SSSR count). The third-order valence-electron chi connectivity index (χ3n) is 4.38. The Kier molecular flexibility index (Phi) is 7.72. The van der Waals surface area contributed by atoms with Crippen molar-refractivity contribution in [2.45, 2.75) is 6.61 Å². The van der Waals surface area contributed by atoms with Crippen LogP contribution >= 0.6 is 23.2 Å². The van der Waals surface area contributed by atoms with Crippen LogP contribution in [0.1, 0.15) is 11.1 Å². The van der Waals surface area contributed by atoms with E-state index in [0.717, 1.165) is 0 Å². The Labute approximate surface area is 194 Å². The molecule has 1 amide bonds. The molecule has 0 aromatic heterocycles. The lowest BCUT2D eigenvalue weighted by molar-refractivity contribution is -0.112. The van der Waals surface area contributed by atoms with Gasteiger partial charge in [0.1, 0.15) is 24.1 Å². The average Bonchev–Trinajstić information content (AvgIpc) is 2.79. The second-order valence-corrected chi connectivity index (χ2v) is 7.36. The summed E-state index contributed by atoms with van der Waals surface area (Å²) in [4.78, 5) is 12.5. The molecule has 5 nitrogen and oxygen atoms in total. The molecule has 32 heavy (non-hydrogen) atoms. The fraction of sp³-hybridized carbons (Fsp3) is 0.0833. The zero-order valence-corrected chi connectivity index (χ0v) is 18.4. The summed E-state index contributed by atoms with van der Waals surface area (Å²) in [5.41, 5.74) is 1.23. The van der Waals surface area contributed by atoms with Gasteiger partial charge in [-0.05, 0) is 48.0 Å². The van der Waals surface area contributed by atoms with E-state index in [1.165, 1.54) is 25.3 Å². The van der Waals surface area contributed by atoms with Gasteiger partial charge in [0.25, 0.3) is 5.91 Å². The summed E-state index contributed by atoms with van der Waals surface area (Å²) in [5.74, 6) is -0.202. The average molecular weight is 471 g/mol. The number of nitrogens with one attached hydrogen (secondary N) is 1. The summed E-state index contributed by atoms with van der Waals surface area (Å²) in [6.45, 7) is 0.0216. The molecule has 0 aliphatic heterocycles. The summed E-state index contributed by atoms with van der Waals surface area (Å²) in [6.07, 6.45) is 1.41. The number of nitriles is 1. The van der Waals surface area contributed by atoms with Gasteiger partial charge < -0.3 is 14.8 Å². The largest absolute Gasteiger partial charge is 0.493 e. The molecule has 0 heterocycles. The van der Waals surface area contributed by atoms with Crippen molar-refractivity contribution in [1.82, 2.24) is 0 Å². The highest BCUT2D eigenvalue weighted by Gasteiger charge is 2.12. The Hall–Kier alpha value is -3.53. The Morgan fingerprint density at radius 1 is 1.09 bits per heavy atom. The number of halogens is 3. The van der Waals surface area contributed by atoms with Gasteiger partial charge in [-0.1, -0.05) is 47.5 Å². The van der Waals surface area contributed by atoms with Gasteiger partial charge in [-0.15, -0.1) is 0 Å². The number of anilines is 1. The van der Waals surface area contributed by atoms with Gasteiger partial charge in [-0.25, -0.2) is 4.39 Å².